The summed E-state index contributed by atoms with van der Waals surface area (Å²) in [6.07, 6.45) is 8.13. The third kappa shape index (κ3) is 4.15. The number of rotatable bonds is 6. The van der Waals surface area contributed by atoms with Gasteiger partial charge in [0.25, 0.3) is 0 Å². The predicted octanol–water partition coefficient (Wildman–Crippen LogP) is 5.39. The third-order valence-corrected chi connectivity index (χ3v) is 6.61. The fraction of sp³-hybridized carbons (Fsp3) is 0.650. The first-order chi connectivity index (χ1) is 12.1. The molecule has 2 aliphatic rings. The second-order valence-electron chi connectivity index (χ2n) is 7.49. The molecule has 138 valence electrons. The van der Waals surface area contributed by atoms with Crippen molar-refractivity contribution in [3.63, 3.8) is 0 Å². The summed E-state index contributed by atoms with van der Waals surface area (Å²) < 4.78 is 0. The molecule has 2 fully saturated rings. The summed E-state index contributed by atoms with van der Waals surface area (Å²) in [6, 6.07) is 5.48. The van der Waals surface area contributed by atoms with E-state index in [9.17, 15) is 4.79 Å². The first-order valence-corrected chi connectivity index (χ1v) is 10.3. The van der Waals surface area contributed by atoms with Gasteiger partial charge in [-0.05, 0) is 63.5 Å². The predicted molar refractivity (Wildman–Crippen MR) is 106 cm³/mol. The molecule has 1 aromatic rings. The molecule has 0 atom stereocenters. The Morgan fingerprint density at radius 1 is 1.00 bits per heavy atom. The number of likely N-dealkylation sites (tertiary alicyclic amines) is 1. The zero-order chi connectivity index (χ0) is 17.9. The molecule has 0 aromatic heterocycles. The molecular formula is C20H28Cl2N2O. The Balaban J connectivity index is 1.58. The van der Waals surface area contributed by atoms with Crippen molar-refractivity contribution < 1.29 is 4.79 Å². The Morgan fingerprint density at radius 2 is 1.72 bits per heavy atom. The third-order valence-electron chi connectivity index (χ3n) is 5.87. The molecule has 1 aromatic carbocycles. The van der Waals surface area contributed by atoms with Crippen molar-refractivity contribution in [2.45, 2.75) is 51.9 Å². The first kappa shape index (κ1) is 19.0. The van der Waals surface area contributed by atoms with Crippen LogP contribution in [0, 0.1) is 5.41 Å². The smallest absolute Gasteiger partial charge is 0.233 e. The molecule has 1 spiro atoms. The zero-order valence-electron chi connectivity index (χ0n) is 15.1. The highest BCUT2D eigenvalue weighted by molar-refractivity contribution is 6.42. The molecule has 1 amide bonds. The molecule has 3 nitrogen and oxygen atoms in total. The van der Waals surface area contributed by atoms with Gasteiger partial charge in [-0.25, -0.2) is 0 Å². The number of piperidine rings is 1. The molecule has 0 saturated carbocycles. The Bertz CT molecular complexity index is 612. The lowest BCUT2D eigenvalue weighted by atomic mass is 9.77. The van der Waals surface area contributed by atoms with Crippen molar-refractivity contribution in [1.82, 2.24) is 4.90 Å². The van der Waals surface area contributed by atoms with E-state index in [0.29, 0.717) is 10.0 Å². The van der Waals surface area contributed by atoms with Gasteiger partial charge in [0.05, 0.1) is 15.5 Å². The van der Waals surface area contributed by atoms with Gasteiger partial charge >= 0.3 is 0 Å². The number of halogens is 2. The van der Waals surface area contributed by atoms with Crippen LogP contribution >= 0.6 is 23.2 Å². The summed E-state index contributed by atoms with van der Waals surface area (Å²) in [5.41, 5.74) is 0.713. The highest BCUT2D eigenvalue weighted by Gasteiger charge is 2.48. The number of carbonyl (C=O) groups excluding carboxylic acids is 1. The molecule has 0 unspecified atom stereocenters. The molecule has 0 radical (unpaired) electrons. The number of anilines is 1. The van der Waals surface area contributed by atoms with Gasteiger partial charge in [-0.2, -0.15) is 0 Å². The number of benzene rings is 1. The zero-order valence-corrected chi connectivity index (χ0v) is 16.6. The highest BCUT2D eigenvalue weighted by Crippen LogP contribution is 2.43. The normalized spacial score (nSPS) is 20.6. The molecule has 2 heterocycles. The van der Waals surface area contributed by atoms with Crippen LogP contribution < -0.4 is 4.90 Å². The van der Waals surface area contributed by atoms with Gasteiger partial charge in [-0.15, -0.1) is 0 Å². The van der Waals surface area contributed by atoms with E-state index in [4.69, 9.17) is 23.2 Å². The first-order valence-electron chi connectivity index (χ1n) is 9.55. The minimum Gasteiger partial charge on any atom is -0.312 e. The lowest BCUT2D eigenvalue weighted by Crippen LogP contribution is -2.45. The monoisotopic (exact) mass is 382 g/mol. The lowest BCUT2D eigenvalue weighted by Gasteiger charge is -2.38. The summed E-state index contributed by atoms with van der Waals surface area (Å²) in [7, 11) is 0. The molecular weight excluding hydrogens is 355 g/mol. The molecule has 0 bridgehead atoms. The van der Waals surface area contributed by atoms with E-state index in [1.165, 1.54) is 32.2 Å². The quantitative estimate of drug-likeness (QED) is 0.615. The molecule has 0 aliphatic carbocycles. The van der Waals surface area contributed by atoms with Gasteiger partial charge < -0.3 is 9.80 Å². The van der Waals surface area contributed by atoms with Crippen LogP contribution in [0.1, 0.15) is 51.9 Å². The average Bonchev–Trinajstić information content (AvgIpc) is 2.93. The van der Waals surface area contributed by atoms with Crippen LogP contribution in [0.4, 0.5) is 5.69 Å². The topological polar surface area (TPSA) is 23.6 Å². The molecule has 0 N–H and O–H groups in total. The summed E-state index contributed by atoms with van der Waals surface area (Å²) >= 11 is 12.1. The molecule has 3 rings (SSSR count). The van der Waals surface area contributed by atoms with E-state index in [-0.39, 0.29) is 11.3 Å². The fourth-order valence-corrected chi connectivity index (χ4v) is 4.44. The largest absolute Gasteiger partial charge is 0.312 e. The minimum absolute atomic E-state index is 0.161. The lowest BCUT2D eigenvalue weighted by molar-refractivity contribution is -0.128. The SMILES string of the molecule is CCCCCCN1CCC2(CC1)CCN(c1ccc(Cl)c(Cl)c1)C2=O. The van der Waals surface area contributed by atoms with Crippen LogP contribution in [0.25, 0.3) is 0 Å². The van der Waals surface area contributed by atoms with Gasteiger partial charge in [-0.3, -0.25) is 4.79 Å². The molecule has 2 saturated heterocycles. The van der Waals surface area contributed by atoms with Crippen LogP contribution in [-0.4, -0.2) is 37.0 Å². The van der Waals surface area contributed by atoms with Gasteiger partial charge in [-0.1, -0.05) is 49.4 Å². The minimum atomic E-state index is -0.161. The maximum atomic E-state index is 13.1. The van der Waals surface area contributed by atoms with Crippen molar-refractivity contribution in [1.29, 1.82) is 0 Å². The number of amides is 1. The number of nitrogens with zero attached hydrogens (tertiary/aromatic N) is 2. The molecule has 2 aliphatic heterocycles. The van der Waals surface area contributed by atoms with Crippen LogP contribution in [0.15, 0.2) is 18.2 Å². The summed E-state index contributed by atoms with van der Waals surface area (Å²) in [4.78, 5) is 17.6. The average molecular weight is 383 g/mol. The van der Waals surface area contributed by atoms with E-state index in [0.717, 1.165) is 44.6 Å². The Hall–Kier alpha value is -0.770. The Kier molecular flexibility index (Phi) is 6.30. The molecule has 5 heteroatoms. The van der Waals surface area contributed by atoms with Crippen LogP contribution in [0.3, 0.4) is 0 Å². The van der Waals surface area contributed by atoms with Gasteiger partial charge in [0, 0.05) is 12.2 Å². The van der Waals surface area contributed by atoms with Crippen LogP contribution in [0.5, 0.6) is 0 Å². The Labute approximate surface area is 161 Å². The maximum absolute atomic E-state index is 13.1. The van der Waals surface area contributed by atoms with E-state index in [1.54, 1.807) is 6.07 Å². The second kappa shape index (κ2) is 8.28. The van der Waals surface area contributed by atoms with Crippen molar-refractivity contribution in [3.05, 3.63) is 28.2 Å². The van der Waals surface area contributed by atoms with E-state index in [1.807, 2.05) is 17.0 Å². The number of carbonyl (C=O) groups is 1. The van der Waals surface area contributed by atoms with Crippen LogP contribution in [-0.2, 0) is 4.79 Å². The van der Waals surface area contributed by atoms with Gasteiger partial charge in [0.2, 0.25) is 5.91 Å². The fourth-order valence-electron chi connectivity index (χ4n) is 4.15. The number of hydrogen-bond donors (Lipinski definition) is 0. The van der Waals surface area contributed by atoms with Crippen molar-refractivity contribution in [3.8, 4) is 0 Å². The van der Waals surface area contributed by atoms with Crippen molar-refractivity contribution in [2.75, 3.05) is 31.1 Å². The second-order valence-corrected chi connectivity index (χ2v) is 8.30. The highest BCUT2D eigenvalue weighted by atomic mass is 35.5. The summed E-state index contributed by atoms with van der Waals surface area (Å²) in [5, 5.41) is 1.04. The van der Waals surface area contributed by atoms with Gasteiger partial charge in [0.15, 0.2) is 0 Å². The standard InChI is InChI=1S/C20H28Cl2N2O/c1-2-3-4-5-11-23-12-8-20(9-13-23)10-14-24(19(20)25)16-6-7-17(21)18(22)15-16/h6-7,15H,2-5,8-14H2,1H3. The van der Waals surface area contributed by atoms with Crippen molar-refractivity contribution >= 4 is 34.8 Å². The van der Waals surface area contributed by atoms with Gasteiger partial charge in [0.1, 0.15) is 0 Å². The van der Waals surface area contributed by atoms with Crippen LogP contribution in [0.2, 0.25) is 10.0 Å². The summed E-state index contributed by atoms with van der Waals surface area (Å²) in [5.74, 6) is 0.275. The van der Waals surface area contributed by atoms with E-state index in [2.05, 4.69) is 11.8 Å². The summed E-state index contributed by atoms with van der Waals surface area (Å²) in [6.45, 7) is 6.31. The Morgan fingerprint density at radius 3 is 2.40 bits per heavy atom. The number of hydrogen-bond acceptors (Lipinski definition) is 2. The van der Waals surface area contributed by atoms with E-state index >= 15 is 0 Å². The number of unbranched alkanes of at least 4 members (excludes halogenated alkanes) is 3. The van der Waals surface area contributed by atoms with E-state index < -0.39 is 0 Å². The van der Waals surface area contributed by atoms with Crippen molar-refractivity contribution in [2.24, 2.45) is 5.41 Å². The maximum Gasteiger partial charge on any atom is 0.233 e. The molecule has 25 heavy (non-hydrogen) atoms.